The Morgan fingerprint density at radius 1 is 1.44 bits per heavy atom. The summed E-state index contributed by atoms with van der Waals surface area (Å²) in [6.07, 6.45) is 0. The second-order valence-electron chi connectivity index (χ2n) is 1.83. The van der Waals surface area contributed by atoms with Crippen LogP contribution < -0.4 is 0 Å². The third-order valence-corrected chi connectivity index (χ3v) is 2.96. The zero-order valence-electron chi connectivity index (χ0n) is 4.97. The van der Waals surface area contributed by atoms with Crippen molar-refractivity contribution in [2.75, 3.05) is 0 Å². The van der Waals surface area contributed by atoms with E-state index in [9.17, 15) is 0 Å². The van der Waals surface area contributed by atoms with Crippen LogP contribution in [0.2, 0.25) is 0 Å². The average Bonchev–Trinajstić information content (AvgIpc) is 1.88. The average molecular weight is 290 g/mol. The van der Waals surface area contributed by atoms with Gasteiger partial charge in [0.2, 0.25) is 0 Å². The molecule has 0 saturated carbocycles. The van der Waals surface area contributed by atoms with Gasteiger partial charge in [-0.3, -0.25) is 0 Å². The molecule has 46 valence electrons. The maximum atomic E-state index is 3.42. The third kappa shape index (κ3) is 2.30. The van der Waals surface area contributed by atoms with Crippen molar-refractivity contribution in [2.24, 2.45) is 0 Å². The molecule has 0 heterocycles. The van der Waals surface area contributed by atoms with Crippen molar-refractivity contribution in [3.05, 3.63) is 34.3 Å². The van der Waals surface area contributed by atoms with Crippen LogP contribution in [-0.2, 0) is 4.44 Å². The Bertz CT molecular complexity index is 198. The molecule has 0 atom stereocenters. The van der Waals surface area contributed by atoms with E-state index in [1.54, 1.807) is 0 Å². The van der Waals surface area contributed by atoms with Crippen LogP contribution >= 0.6 is 15.9 Å². The van der Waals surface area contributed by atoms with Gasteiger partial charge in [0.25, 0.3) is 0 Å². The van der Waals surface area contributed by atoms with Crippen molar-refractivity contribution in [3.63, 3.8) is 0 Å². The van der Waals surface area contributed by atoms with Gasteiger partial charge >= 0.3 is 77.2 Å². The molecule has 0 fully saturated rings. The van der Waals surface area contributed by atoms with Gasteiger partial charge in [-0.25, -0.2) is 0 Å². The summed E-state index contributed by atoms with van der Waals surface area (Å²) in [7, 11) is 0. The second-order valence-corrected chi connectivity index (χ2v) is 3.91. The van der Waals surface area contributed by atoms with Crippen molar-refractivity contribution >= 4 is 38.5 Å². The van der Waals surface area contributed by atoms with Crippen LogP contribution in [-0.4, -0.2) is 22.5 Å². The monoisotopic (exact) mass is 290 g/mol. The third-order valence-electron chi connectivity index (χ3n) is 1.12. The fourth-order valence-electron chi connectivity index (χ4n) is 0.664. The van der Waals surface area contributed by atoms with Crippen LogP contribution in [0.1, 0.15) is 5.56 Å². The predicted octanol–water partition coefficient (Wildman–Crippen LogP) is 1.85. The molecule has 1 rings (SSSR count). The van der Waals surface area contributed by atoms with Crippen molar-refractivity contribution in [1.82, 2.24) is 0 Å². The van der Waals surface area contributed by atoms with Gasteiger partial charge < -0.3 is 0 Å². The van der Waals surface area contributed by atoms with Gasteiger partial charge in [0, 0.05) is 0 Å². The van der Waals surface area contributed by atoms with Crippen molar-refractivity contribution in [1.29, 1.82) is 0 Å². The molecule has 0 unspecified atom stereocenters. The van der Waals surface area contributed by atoms with Gasteiger partial charge in [-0.05, 0) is 0 Å². The second kappa shape index (κ2) is 3.61. The molecule has 0 aromatic heterocycles. The normalized spacial score (nSPS) is 9.56. The molecule has 1 aromatic carbocycles. The van der Waals surface area contributed by atoms with Crippen LogP contribution in [0, 0.1) is 0 Å². The molecule has 0 amide bonds. The Labute approximate surface area is 76.9 Å². The van der Waals surface area contributed by atoms with Crippen LogP contribution in [0.5, 0.6) is 0 Å². The number of halogens is 1. The molecule has 0 spiro atoms. The van der Waals surface area contributed by atoms with E-state index in [-0.39, 0.29) is 0 Å². The number of benzene rings is 1. The molecule has 0 bridgehead atoms. The van der Waals surface area contributed by atoms with E-state index in [0.29, 0.717) is 0 Å². The zero-order chi connectivity index (χ0) is 6.69. The van der Waals surface area contributed by atoms with E-state index in [4.69, 9.17) is 0 Å². The molecular formula is C7H7BrSn. The molecule has 0 saturated heterocycles. The molecule has 0 aliphatic carbocycles. The first kappa shape index (κ1) is 7.60. The summed E-state index contributed by atoms with van der Waals surface area (Å²) in [4.78, 5) is 0. The van der Waals surface area contributed by atoms with E-state index >= 15 is 0 Å². The van der Waals surface area contributed by atoms with E-state index in [1.807, 2.05) is 0 Å². The molecule has 2 heteroatoms. The summed E-state index contributed by atoms with van der Waals surface area (Å²) >= 11 is 4.73. The SMILES string of the molecule is Brc1cccc([CH2][SnH])c1. The first-order chi connectivity index (χ1) is 4.33. The first-order valence-corrected chi connectivity index (χ1v) is 5.90. The predicted molar refractivity (Wildman–Crippen MR) is 45.0 cm³/mol. The summed E-state index contributed by atoms with van der Waals surface area (Å²) < 4.78 is 2.43. The quantitative estimate of drug-likeness (QED) is 0.692. The molecule has 9 heavy (non-hydrogen) atoms. The van der Waals surface area contributed by atoms with Gasteiger partial charge in [-0.2, -0.15) is 0 Å². The molecule has 2 radical (unpaired) electrons. The van der Waals surface area contributed by atoms with Crippen molar-refractivity contribution in [3.8, 4) is 0 Å². The van der Waals surface area contributed by atoms with E-state index < -0.39 is 0 Å². The minimum atomic E-state index is 1.19. The first-order valence-electron chi connectivity index (χ1n) is 2.77. The van der Waals surface area contributed by atoms with Crippen molar-refractivity contribution < 1.29 is 0 Å². The Morgan fingerprint density at radius 2 is 2.22 bits per heavy atom. The summed E-state index contributed by atoms with van der Waals surface area (Å²) in [5, 5.41) is 0. The molecule has 0 N–H and O–H groups in total. The number of rotatable bonds is 1. The number of hydrogen-bond donors (Lipinski definition) is 0. The molecule has 1 aromatic rings. The topological polar surface area (TPSA) is 0 Å². The minimum absolute atomic E-state index is 1.19. The molecule has 0 aliphatic rings. The fourth-order valence-corrected chi connectivity index (χ4v) is 1.84. The van der Waals surface area contributed by atoms with Gasteiger partial charge in [-0.15, -0.1) is 0 Å². The van der Waals surface area contributed by atoms with E-state index in [1.165, 1.54) is 37.0 Å². The Morgan fingerprint density at radius 3 is 2.67 bits per heavy atom. The zero-order valence-corrected chi connectivity index (χ0v) is 9.85. The standard InChI is InChI=1S/C7H6Br.Sn.H/c1-6-3-2-4-7(8)5-6;;/h2-5H,1H2;;. The summed E-state index contributed by atoms with van der Waals surface area (Å²) in [5.41, 5.74) is 1.44. The van der Waals surface area contributed by atoms with Crippen LogP contribution in [0.3, 0.4) is 0 Å². The van der Waals surface area contributed by atoms with Crippen molar-refractivity contribution in [2.45, 2.75) is 4.44 Å². The fraction of sp³-hybridized carbons (Fsp3) is 0.143. The van der Waals surface area contributed by atoms with Crippen LogP contribution in [0.15, 0.2) is 28.7 Å². The van der Waals surface area contributed by atoms with Crippen LogP contribution in [0.25, 0.3) is 0 Å². The molecule has 0 nitrogen and oxygen atoms in total. The van der Waals surface area contributed by atoms with E-state index in [0.717, 1.165) is 0 Å². The Hall–Kier alpha value is 0.499. The van der Waals surface area contributed by atoms with Gasteiger partial charge in [0.1, 0.15) is 0 Å². The van der Waals surface area contributed by atoms with Gasteiger partial charge in [0.05, 0.1) is 0 Å². The maximum absolute atomic E-state index is 3.42. The van der Waals surface area contributed by atoms with Gasteiger partial charge in [-0.1, -0.05) is 0 Å². The Balaban J connectivity index is 2.94. The molecule has 0 aliphatic heterocycles. The Kier molecular flexibility index (Phi) is 3.05. The summed E-state index contributed by atoms with van der Waals surface area (Å²) in [6, 6.07) is 8.47. The summed E-state index contributed by atoms with van der Waals surface area (Å²) in [5.74, 6) is 0. The summed E-state index contributed by atoms with van der Waals surface area (Å²) in [6.45, 7) is 0. The van der Waals surface area contributed by atoms with Gasteiger partial charge in [0.15, 0.2) is 0 Å². The van der Waals surface area contributed by atoms with Crippen LogP contribution in [0.4, 0.5) is 0 Å². The number of hydrogen-bond acceptors (Lipinski definition) is 0. The molecular weight excluding hydrogens is 283 g/mol. The van der Waals surface area contributed by atoms with E-state index in [2.05, 4.69) is 40.2 Å².